The Morgan fingerprint density at radius 1 is 0.800 bits per heavy atom. The van der Waals surface area contributed by atoms with E-state index in [0.29, 0.717) is 11.5 Å². The SMILES string of the molecule is CC(C)c1cc(C(C)C)c2c(C(C)C)c1OS(=O)(=O)O2. The topological polar surface area (TPSA) is 52.6 Å². The molecule has 1 aliphatic rings. The summed E-state index contributed by atoms with van der Waals surface area (Å²) in [4.78, 5) is 0. The van der Waals surface area contributed by atoms with Crippen molar-refractivity contribution in [2.24, 2.45) is 0 Å². The van der Waals surface area contributed by atoms with Gasteiger partial charge in [-0.15, -0.1) is 8.42 Å². The fourth-order valence-electron chi connectivity index (χ4n) is 2.50. The van der Waals surface area contributed by atoms with Gasteiger partial charge in [-0.05, 0) is 34.9 Å². The first-order chi connectivity index (χ1) is 9.14. The van der Waals surface area contributed by atoms with Gasteiger partial charge < -0.3 is 8.37 Å². The fraction of sp³-hybridized carbons (Fsp3) is 0.600. The first-order valence-corrected chi connectivity index (χ1v) is 8.32. The van der Waals surface area contributed by atoms with Gasteiger partial charge in [-0.2, -0.15) is 0 Å². The van der Waals surface area contributed by atoms with Crippen molar-refractivity contribution in [2.45, 2.75) is 59.3 Å². The molecule has 0 saturated carbocycles. The van der Waals surface area contributed by atoms with Crippen molar-refractivity contribution in [3.8, 4) is 11.5 Å². The molecule has 1 aromatic carbocycles. The predicted molar refractivity (Wildman–Crippen MR) is 78.9 cm³/mol. The molecule has 0 aromatic heterocycles. The van der Waals surface area contributed by atoms with Crippen LogP contribution < -0.4 is 8.37 Å². The summed E-state index contributed by atoms with van der Waals surface area (Å²) in [7, 11) is -4.00. The van der Waals surface area contributed by atoms with E-state index in [1.807, 2.05) is 47.6 Å². The van der Waals surface area contributed by atoms with Crippen LogP contribution in [-0.4, -0.2) is 8.42 Å². The second-order valence-corrected chi connectivity index (χ2v) is 7.32. The number of hydrogen-bond donors (Lipinski definition) is 0. The highest BCUT2D eigenvalue weighted by Gasteiger charge is 2.35. The summed E-state index contributed by atoms with van der Waals surface area (Å²) in [6.45, 7) is 12.2. The molecule has 2 bridgehead atoms. The molecule has 1 heterocycles. The Hall–Kier alpha value is -1.23. The van der Waals surface area contributed by atoms with E-state index in [9.17, 15) is 8.42 Å². The molecule has 5 heteroatoms. The molecule has 1 aromatic rings. The van der Waals surface area contributed by atoms with Gasteiger partial charge in [0.15, 0.2) is 11.5 Å². The van der Waals surface area contributed by atoms with E-state index in [1.54, 1.807) is 0 Å². The number of hydrogen-bond acceptors (Lipinski definition) is 4. The fourth-order valence-corrected chi connectivity index (χ4v) is 3.32. The van der Waals surface area contributed by atoms with Crippen molar-refractivity contribution >= 4 is 10.4 Å². The van der Waals surface area contributed by atoms with E-state index in [1.165, 1.54) is 0 Å². The maximum atomic E-state index is 11.8. The molecule has 2 rings (SSSR count). The summed E-state index contributed by atoms with van der Waals surface area (Å²) >= 11 is 0. The van der Waals surface area contributed by atoms with Gasteiger partial charge in [0.25, 0.3) is 0 Å². The van der Waals surface area contributed by atoms with E-state index < -0.39 is 10.4 Å². The zero-order chi connectivity index (χ0) is 15.2. The summed E-state index contributed by atoms with van der Waals surface area (Å²) in [6, 6.07) is 2.01. The summed E-state index contributed by atoms with van der Waals surface area (Å²) < 4.78 is 34.0. The van der Waals surface area contributed by atoms with Crippen molar-refractivity contribution in [3.63, 3.8) is 0 Å². The van der Waals surface area contributed by atoms with Gasteiger partial charge in [-0.1, -0.05) is 41.5 Å². The van der Waals surface area contributed by atoms with Crippen LogP contribution >= 0.6 is 0 Å². The average molecular weight is 298 g/mol. The van der Waals surface area contributed by atoms with E-state index in [4.69, 9.17) is 8.37 Å². The minimum atomic E-state index is -4.00. The monoisotopic (exact) mass is 298 g/mol. The highest BCUT2D eigenvalue weighted by atomic mass is 32.3. The third-order valence-electron chi connectivity index (χ3n) is 3.52. The highest BCUT2D eigenvalue weighted by Crippen LogP contribution is 2.48. The van der Waals surface area contributed by atoms with Crippen molar-refractivity contribution in [2.75, 3.05) is 0 Å². The van der Waals surface area contributed by atoms with Gasteiger partial charge in [-0.25, -0.2) is 0 Å². The van der Waals surface area contributed by atoms with Gasteiger partial charge >= 0.3 is 10.4 Å². The molecule has 0 unspecified atom stereocenters. The molecule has 1 aliphatic heterocycles. The van der Waals surface area contributed by atoms with Crippen molar-refractivity contribution < 1.29 is 16.8 Å². The third-order valence-corrected chi connectivity index (χ3v) is 4.26. The molecule has 0 saturated heterocycles. The van der Waals surface area contributed by atoms with Crippen molar-refractivity contribution in [1.29, 1.82) is 0 Å². The Labute approximate surface area is 121 Å². The maximum Gasteiger partial charge on any atom is 0.501 e. The van der Waals surface area contributed by atoms with Gasteiger partial charge in [-0.3, -0.25) is 0 Å². The molecular weight excluding hydrogens is 276 g/mol. The van der Waals surface area contributed by atoms with Gasteiger partial charge in [0.1, 0.15) is 0 Å². The van der Waals surface area contributed by atoms with E-state index in [-0.39, 0.29) is 17.8 Å². The molecule has 20 heavy (non-hydrogen) atoms. The average Bonchev–Trinajstić information content (AvgIpc) is 2.25. The van der Waals surface area contributed by atoms with Crippen molar-refractivity contribution in [1.82, 2.24) is 0 Å². The van der Waals surface area contributed by atoms with Crippen LogP contribution in [0.25, 0.3) is 0 Å². The zero-order valence-corrected chi connectivity index (χ0v) is 13.7. The molecule has 0 spiro atoms. The maximum absolute atomic E-state index is 11.8. The molecule has 0 radical (unpaired) electrons. The molecule has 0 N–H and O–H groups in total. The first-order valence-electron chi connectivity index (χ1n) is 6.98. The highest BCUT2D eigenvalue weighted by molar-refractivity contribution is 7.82. The Morgan fingerprint density at radius 3 is 1.50 bits per heavy atom. The molecule has 0 fully saturated rings. The van der Waals surface area contributed by atoms with Crippen LogP contribution in [0.5, 0.6) is 11.5 Å². The van der Waals surface area contributed by atoms with Crippen LogP contribution in [0.1, 0.15) is 76.0 Å². The van der Waals surface area contributed by atoms with Crippen LogP contribution in [0.15, 0.2) is 6.07 Å². The first kappa shape index (κ1) is 15.2. The van der Waals surface area contributed by atoms with Gasteiger partial charge in [0.2, 0.25) is 0 Å². The Bertz CT molecular complexity index is 586. The molecular formula is C15H22O4S. The summed E-state index contributed by atoms with van der Waals surface area (Å²) in [5.74, 6) is 1.41. The minimum Gasteiger partial charge on any atom is -0.352 e. The second kappa shape index (κ2) is 4.95. The van der Waals surface area contributed by atoms with Crippen LogP contribution in [0.4, 0.5) is 0 Å². The van der Waals surface area contributed by atoms with E-state index >= 15 is 0 Å². The van der Waals surface area contributed by atoms with Crippen LogP contribution in [0.3, 0.4) is 0 Å². The van der Waals surface area contributed by atoms with Crippen molar-refractivity contribution in [3.05, 3.63) is 22.8 Å². The lowest BCUT2D eigenvalue weighted by atomic mass is 9.87. The molecule has 4 nitrogen and oxygen atoms in total. The Kier molecular flexibility index (Phi) is 3.75. The van der Waals surface area contributed by atoms with Crippen LogP contribution in [-0.2, 0) is 10.4 Å². The zero-order valence-electron chi connectivity index (χ0n) is 12.9. The smallest absolute Gasteiger partial charge is 0.352 e. The molecule has 0 atom stereocenters. The minimum absolute atomic E-state index is 0.131. The molecule has 112 valence electrons. The summed E-state index contributed by atoms with van der Waals surface area (Å²) in [5, 5.41) is 0. The largest absolute Gasteiger partial charge is 0.501 e. The Morgan fingerprint density at radius 2 is 1.20 bits per heavy atom. The van der Waals surface area contributed by atoms with Gasteiger partial charge in [0.05, 0.1) is 0 Å². The normalized spacial score (nSPS) is 16.4. The predicted octanol–water partition coefficient (Wildman–Crippen LogP) is 4.07. The van der Waals surface area contributed by atoms with Crippen LogP contribution in [0, 0.1) is 0 Å². The summed E-state index contributed by atoms with van der Waals surface area (Å²) in [5.41, 5.74) is 2.70. The lowest BCUT2D eigenvalue weighted by Gasteiger charge is -2.29. The van der Waals surface area contributed by atoms with Crippen LogP contribution in [0.2, 0.25) is 0 Å². The molecule has 0 aliphatic carbocycles. The Balaban J connectivity index is 2.85. The number of fused-ring (bicyclic) bond motifs is 2. The molecule has 0 amide bonds. The number of benzene rings is 1. The lowest BCUT2D eigenvalue weighted by molar-refractivity contribution is 0.363. The number of rotatable bonds is 3. The van der Waals surface area contributed by atoms with Gasteiger partial charge in [0, 0.05) is 5.56 Å². The third kappa shape index (κ3) is 2.51. The van der Waals surface area contributed by atoms with E-state index in [2.05, 4.69) is 0 Å². The standard InChI is InChI=1S/C15H22O4S/c1-8(2)11-7-12(9(3)4)15-13(10(5)6)14(11)18-20(16,17)19-15/h7-10H,1-6H3. The second-order valence-electron chi connectivity index (χ2n) is 6.17. The van der Waals surface area contributed by atoms with E-state index in [0.717, 1.165) is 16.7 Å². The quantitative estimate of drug-likeness (QED) is 0.844. The lowest BCUT2D eigenvalue weighted by Crippen LogP contribution is -2.25. The summed E-state index contributed by atoms with van der Waals surface area (Å²) in [6.07, 6.45) is 0.